The molecule has 0 aliphatic heterocycles. The minimum Gasteiger partial charge on any atom is -0.263 e. The topological polar surface area (TPSA) is 17.8 Å². The molecule has 11 heavy (non-hydrogen) atoms. The molecular weight excluding hydrogens is 136 g/mol. The number of hydrogen-bond acceptors (Lipinski definition) is 1. The number of hydrogen-bond donors (Lipinski definition) is 0. The summed E-state index contributed by atoms with van der Waals surface area (Å²) < 4.78 is 1.97. The predicted octanol–water partition coefficient (Wildman–Crippen LogP) is 2.42. The van der Waals surface area contributed by atoms with Gasteiger partial charge in [0.25, 0.3) is 0 Å². The molecule has 0 N–H and O–H groups in total. The Morgan fingerprint density at radius 3 is 2.64 bits per heavy atom. The van der Waals surface area contributed by atoms with Gasteiger partial charge in [-0.15, -0.1) is 0 Å². The lowest BCUT2D eigenvalue weighted by molar-refractivity contribution is 0.528. The van der Waals surface area contributed by atoms with Crippen molar-refractivity contribution in [2.24, 2.45) is 0 Å². The zero-order valence-corrected chi connectivity index (χ0v) is 7.33. The minimum atomic E-state index is 0.414. The highest BCUT2D eigenvalue weighted by Gasteiger charge is 2.05. The second-order valence-electron chi connectivity index (χ2n) is 2.96. The van der Waals surface area contributed by atoms with Gasteiger partial charge in [0, 0.05) is 6.04 Å². The van der Waals surface area contributed by atoms with Gasteiger partial charge in [0.2, 0.25) is 0 Å². The van der Waals surface area contributed by atoms with Gasteiger partial charge in [-0.1, -0.05) is 6.58 Å². The van der Waals surface area contributed by atoms with Crippen LogP contribution in [0.2, 0.25) is 0 Å². The number of rotatable bonds is 2. The van der Waals surface area contributed by atoms with Gasteiger partial charge in [-0.3, -0.25) is 4.68 Å². The van der Waals surface area contributed by atoms with Crippen LogP contribution in [0.25, 0.3) is 6.08 Å². The molecule has 0 bridgehead atoms. The lowest BCUT2D eigenvalue weighted by Crippen LogP contribution is -2.04. The normalized spacial score (nSPS) is 10.5. The summed E-state index contributed by atoms with van der Waals surface area (Å²) in [6, 6.07) is 0.414. The third kappa shape index (κ3) is 1.34. The Labute approximate surface area is 67.5 Å². The third-order valence-corrected chi connectivity index (χ3v) is 1.71. The average molecular weight is 150 g/mol. The van der Waals surface area contributed by atoms with Gasteiger partial charge >= 0.3 is 0 Å². The quantitative estimate of drug-likeness (QED) is 0.633. The van der Waals surface area contributed by atoms with Crippen molar-refractivity contribution < 1.29 is 0 Å². The van der Waals surface area contributed by atoms with E-state index in [4.69, 9.17) is 0 Å². The van der Waals surface area contributed by atoms with Crippen molar-refractivity contribution in [2.75, 3.05) is 0 Å². The Balaban J connectivity index is 3.15. The Hall–Kier alpha value is -1.05. The van der Waals surface area contributed by atoms with Gasteiger partial charge in [-0.2, -0.15) is 5.10 Å². The third-order valence-electron chi connectivity index (χ3n) is 1.71. The molecule has 0 unspecified atom stereocenters. The predicted molar refractivity (Wildman–Crippen MR) is 47.4 cm³/mol. The van der Waals surface area contributed by atoms with E-state index < -0.39 is 0 Å². The highest BCUT2D eigenvalue weighted by molar-refractivity contribution is 5.46. The summed E-state index contributed by atoms with van der Waals surface area (Å²) >= 11 is 0. The van der Waals surface area contributed by atoms with Crippen LogP contribution in [-0.2, 0) is 0 Å². The van der Waals surface area contributed by atoms with Gasteiger partial charge in [-0.05, 0) is 32.4 Å². The molecule has 1 rings (SSSR count). The van der Waals surface area contributed by atoms with Crippen molar-refractivity contribution in [2.45, 2.75) is 26.8 Å². The summed E-state index contributed by atoms with van der Waals surface area (Å²) in [7, 11) is 0. The van der Waals surface area contributed by atoms with Crippen molar-refractivity contribution in [3.63, 3.8) is 0 Å². The molecule has 1 heterocycles. The monoisotopic (exact) mass is 150 g/mol. The Bertz CT molecular complexity index is 259. The molecule has 2 heteroatoms. The van der Waals surface area contributed by atoms with Crippen LogP contribution in [0, 0.1) is 6.92 Å². The summed E-state index contributed by atoms with van der Waals surface area (Å²) in [5.74, 6) is 0. The molecule has 1 aromatic heterocycles. The molecule has 0 saturated carbocycles. The van der Waals surface area contributed by atoms with Crippen molar-refractivity contribution in [1.82, 2.24) is 9.78 Å². The van der Waals surface area contributed by atoms with Gasteiger partial charge < -0.3 is 0 Å². The van der Waals surface area contributed by atoms with Crippen LogP contribution in [0.15, 0.2) is 12.8 Å². The van der Waals surface area contributed by atoms with Crippen molar-refractivity contribution in [3.05, 3.63) is 24.0 Å². The number of aryl methyl sites for hydroxylation is 1. The zero-order valence-electron chi connectivity index (χ0n) is 7.33. The fourth-order valence-electron chi connectivity index (χ4n) is 1.12. The lowest BCUT2D eigenvalue weighted by Gasteiger charge is -2.07. The highest BCUT2D eigenvalue weighted by Crippen LogP contribution is 2.13. The van der Waals surface area contributed by atoms with E-state index in [2.05, 4.69) is 25.5 Å². The second-order valence-corrected chi connectivity index (χ2v) is 2.96. The Kier molecular flexibility index (Phi) is 2.13. The van der Waals surface area contributed by atoms with Crippen LogP contribution >= 0.6 is 0 Å². The number of nitrogens with zero attached hydrogens (tertiary/aromatic N) is 2. The molecule has 0 radical (unpaired) electrons. The maximum absolute atomic E-state index is 4.23. The molecule has 0 saturated heterocycles. The molecular formula is C9H14N2. The Morgan fingerprint density at radius 1 is 1.64 bits per heavy atom. The van der Waals surface area contributed by atoms with Gasteiger partial charge in [0.1, 0.15) is 0 Å². The summed E-state index contributed by atoms with van der Waals surface area (Å²) in [5, 5.41) is 4.23. The average Bonchev–Trinajstić information content (AvgIpc) is 2.30. The molecule has 0 aliphatic rings. The number of aromatic nitrogens is 2. The highest BCUT2D eigenvalue weighted by atomic mass is 15.3. The summed E-state index contributed by atoms with van der Waals surface area (Å²) in [6.45, 7) is 10.0. The van der Waals surface area contributed by atoms with Crippen LogP contribution < -0.4 is 0 Å². The first-order valence-electron chi connectivity index (χ1n) is 3.83. The van der Waals surface area contributed by atoms with Crippen molar-refractivity contribution in [1.29, 1.82) is 0 Å². The van der Waals surface area contributed by atoms with Gasteiger partial charge in [0.05, 0.1) is 11.9 Å². The van der Waals surface area contributed by atoms with Crippen LogP contribution in [-0.4, -0.2) is 9.78 Å². The van der Waals surface area contributed by atoms with Gasteiger partial charge in [-0.25, -0.2) is 0 Å². The Morgan fingerprint density at radius 2 is 2.27 bits per heavy atom. The van der Waals surface area contributed by atoms with E-state index in [0.717, 1.165) is 5.69 Å². The molecule has 0 amide bonds. The first kappa shape index (κ1) is 8.05. The minimum absolute atomic E-state index is 0.414. The van der Waals surface area contributed by atoms with E-state index in [1.807, 2.05) is 23.9 Å². The zero-order chi connectivity index (χ0) is 8.43. The molecule has 0 aromatic carbocycles. The van der Waals surface area contributed by atoms with E-state index in [1.54, 1.807) is 0 Å². The molecule has 0 aliphatic carbocycles. The molecule has 0 spiro atoms. The van der Waals surface area contributed by atoms with Crippen molar-refractivity contribution >= 4 is 6.08 Å². The van der Waals surface area contributed by atoms with Crippen LogP contribution in [0.4, 0.5) is 0 Å². The summed E-state index contributed by atoms with van der Waals surface area (Å²) in [6.07, 6.45) is 3.72. The first-order valence-corrected chi connectivity index (χ1v) is 3.83. The van der Waals surface area contributed by atoms with Crippen LogP contribution in [0.1, 0.15) is 31.1 Å². The molecule has 1 aromatic rings. The van der Waals surface area contributed by atoms with E-state index >= 15 is 0 Å². The van der Waals surface area contributed by atoms with E-state index in [9.17, 15) is 0 Å². The maximum atomic E-state index is 4.23. The lowest BCUT2D eigenvalue weighted by atomic mass is 10.2. The summed E-state index contributed by atoms with van der Waals surface area (Å²) in [4.78, 5) is 0. The van der Waals surface area contributed by atoms with E-state index in [-0.39, 0.29) is 0 Å². The first-order chi connectivity index (χ1) is 5.16. The van der Waals surface area contributed by atoms with Crippen molar-refractivity contribution in [3.8, 4) is 0 Å². The molecule has 0 atom stereocenters. The largest absolute Gasteiger partial charge is 0.263 e. The molecule has 0 fully saturated rings. The van der Waals surface area contributed by atoms with E-state index in [1.165, 1.54) is 5.56 Å². The molecule has 60 valence electrons. The van der Waals surface area contributed by atoms with Crippen LogP contribution in [0.5, 0.6) is 0 Å². The fourth-order valence-corrected chi connectivity index (χ4v) is 1.12. The fraction of sp³-hybridized carbons (Fsp3) is 0.444. The second kappa shape index (κ2) is 2.91. The smallest absolute Gasteiger partial charge is 0.0636 e. The van der Waals surface area contributed by atoms with E-state index in [0.29, 0.717) is 6.04 Å². The summed E-state index contributed by atoms with van der Waals surface area (Å²) in [5.41, 5.74) is 2.31. The molecule has 2 nitrogen and oxygen atoms in total. The van der Waals surface area contributed by atoms with Crippen LogP contribution in [0.3, 0.4) is 0 Å². The SMILES string of the molecule is C=Cc1c(C)cnn1C(C)C. The standard InChI is InChI=1S/C9H14N2/c1-5-9-8(4)6-10-11(9)7(2)3/h5-7H,1H2,2-4H3. The van der Waals surface area contributed by atoms with Gasteiger partial charge in [0.15, 0.2) is 0 Å². The maximum Gasteiger partial charge on any atom is 0.0636 e.